The number of nitrogens with one attached hydrogen (secondary N) is 1. The van der Waals surface area contributed by atoms with Crippen LogP contribution in [0.25, 0.3) is 0 Å². The fourth-order valence-corrected chi connectivity index (χ4v) is 1.80. The molecule has 13 heavy (non-hydrogen) atoms. The molecule has 1 aromatic rings. The van der Waals surface area contributed by atoms with E-state index in [0.717, 1.165) is 5.69 Å². The van der Waals surface area contributed by atoms with Crippen LogP contribution in [-0.4, -0.2) is 16.6 Å². The molecule has 0 radical (unpaired) electrons. The number of hydrogen-bond acceptors (Lipinski definition) is 2. The standard InChI is InChI=1S/C10H11NO2/c12-8-4-7(5-9(13)6-8)10-2-1-3-11-10/h1-3,7,11H,4-6H2. The van der Waals surface area contributed by atoms with Gasteiger partial charge >= 0.3 is 0 Å². The Bertz CT molecular complexity index is 311. The first-order chi connectivity index (χ1) is 6.25. The van der Waals surface area contributed by atoms with Crippen molar-refractivity contribution in [3.63, 3.8) is 0 Å². The Morgan fingerprint density at radius 1 is 1.23 bits per heavy atom. The molecule has 1 saturated carbocycles. The smallest absolute Gasteiger partial charge is 0.140 e. The predicted molar refractivity (Wildman–Crippen MR) is 47.4 cm³/mol. The van der Waals surface area contributed by atoms with Gasteiger partial charge in [-0.2, -0.15) is 0 Å². The van der Waals surface area contributed by atoms with Crippen molar-refractivity contribution in [3.05, 3.63) is 24.0 Å². The van der Waals surface area contributed by atoms with Crippen LogP contribution < -0.4 is 0 Å². The maximum atomic E-state index is 11.1. The van der Waals surface area contributed by atoms with E-state index < -0.39 is 0 Å². The van der Waals surface area contributed by atoms with Crippen LogP contribution in [0.5, 0.6) is 0 Å². The Kier molecular flexibility index (Phi) is 2.00. The predicted octanol–water partition coefficient (Wildman–Crippen LogP) is 1.42. The van der Waals surface area contributed by atoms with Gasteiger partial charge in [-0.25, -0.2) is 0 Å². The molecule has 0 unspecified atom stereocenters. The number of carbonyl (C=O) groups is 2. The van der Waals surface area contributed by atoms with E-state index >= 15 is 0 Å². The fourth-order valence-electron chi connectivity index (χ4n) is 1.80. The molecule has 1 aromatic heterocycles. The zero-order valence-corrected chi connectivity index (χ0v) is 7.25. The fraction of sp³-hybridized carbons (Fsp3) is 0.400. The largest absolute Gasteiger partial charge is 0.365 e. The van der Waals surface area contributed by atoms with Crippen molar-refractivity contribution in [2.24, 2.45) is 0 Å². The van der Waals surface area contributed by atoms with Crippen molar-refractivity contribution in [2.45, 2.75) is 25.2 Å². The lowest BCUT2D eigenvalue weighted by molar-refractivity contribution is -0.130. The summed E-state index contributed by atoms with van der Waals surface area (Å²) in [6, 6.07) is 3.81. The minimum Gasteiger partial charge on any atom is -0.365 e. The highest BCUT2D eigenvalue weighted by Crippen LogP contribution is 2.27. The quantitative estimate of drug-likeness (QED) is 0.659. The Morgan fingerprint density at radius 2 is 1.92 bits per heavy atom. The number of hydrogen-bond donors (Lipinski definition) is 1. The van der Waals surface area contributed by atoms with Crippen molar-refractivity contribution in [1.29, 1.82) is 0 Å². The van der Waals surface area contributed by atoms with Crippen molar-refractivity contribution < 1.29 is 9.59 Å². The van der Waals surface area contributed by atoms with Crippen molar-refractivity contribution >= 4 is 11.6 Å². The average molecular weight is 177 g/mol. The molecule has 0 bridgehead atoms. The van der Waals surface area contributed by atoms with Crippen LogP contribution in [0.3, 0.4) is 0 Å². The molecule has 1 fully saturated rings. The average Bonchev–Trinajstić information content (AvgIpc) is 2.53. The van der Waals surface area contributed by atoms with Gasteiger partial charge in [-0.05, 0) is 12.1 Å². The molecule has 0 spiro atoms. The van der Waals surface area contributed by atoms with Gasteiger partial charge in [-0.1, -0.05) is 0 Å². The van der Waals surface area contributed by atoms with E-state index in [2.05, 4.69) is 4.98 Å². The molecule has 0 atom stereocenters. The third kappa shape index (κ3) is 1.69. The summed E-state index contributed by atoms with van der Waals surface area (Å²) in [4.78, 5) is 25.3. The van der Waals surface area contributed by atoms with Gasteiger partial charge in [0, 0.05) is 30.7 Å². The Morgan fingerprint density at radius 3 is 2.46 bits per heavy atom. The number of ketones is 2. The van der Waals surface area contributed by atoms with E-state index in [0.29, 0.717) is 12.8 Å². The first-order valence-corrected chi connectivity index (χ1v) is 4.42. The number of aromatic amines is 1. The Hall–Kier alpha value is -1.38. The Labute approximate surface area is 76.1 Å². The lowest BCUT2D eigenvalue weighted by Crippen LogP contribution is -2.21. The van der Waals surface area contributed by atoms with E-state index in [1.807, 2.05) is 18.3 Å². The second kappa shape index (κ2) is 3.17. The molecule has 0 amide bonds. The second-order valence-electron chi connectivity index (χ2n) is 3.48. The topological polar surface area (TPSA) is 49.9 Å². The summed E-state index contributed by atoms with van der Waals surface area (Å²) in [6.45, 7) is 0. The van der Waals surface area contributed by atoms with Gasteiger partial charge in [0.15, 0.2) is 0 Å². The van der Waals surface area contributed by atoms with E-state index in [9.17, 15) is 9.59 Å². The van der Waals surface area contributed by atoms with Crippen LogP contribution in [0.1, 0.15) is 30.9 Å². The van der Waals surface area contributed by atoms with E-state index in [1.54, 1.807) is 0 Å². The summed E-state index contributed by atoms with van der Waals surface area (Å²) < 4.78 is 0. The maximum Gasteiger partial charge on any atom is 0.140 e. The van der Waals surface area contributed by atoms with Gasteiger partial charge in [0.25, 0.3) is 0 Å². The number of Topliss-reactive ketones (excluding diaryl/α,β-unsaturated/α-hetero) is 2. The number of rotatable bonds is 1. The summed E-state index contributed by atoms with van der Waals surface area (Å²) in [5.74, 6) is 0.218. The molecule has 1 aliphatic carbocycles. The van der Waals surface area contributed by atoms with Crippen LogP contribution in [-0.2, 0) is 9.59 Å². The van der Waals surface area contributed by atoms with Gasteiger partial charge < -0.3 is 4.98 Å². The van der Waals surface area contributed by atoms with Crippen LogP contribution in [0.15, 0.2) is 18.3 Å². The molecule has 3 heteroatoms. The normalized spacial score (nSPS) is 19.4. The molecule has 68 valence electrons. The van der Waals surface area contributed by atoms with E-state index in [-0.39, 0.29) is 23.9 Å². The zero-order chi connectivity index (χ0) is 9.26. The lowest BCUT2D eigenvalue weighted by atomic mass is 9.85. The summed E-state index contributed by atoms with van der Waals surface area (Å²) in [6.07, 6.45) is 2.97. The van der Waals surface area contributed by atoms with E-state index in [4.69, 9.17) is 0 Å². The molecule has 2 rings (SSSR count). The first kappa shape index (κ1) is 8.23. The first-order valence-electron chi connectivity index (χ1n) is 4.42. The van der Waals surface area contributed by atoms with Gasteiger partial charge in [-0.3, -0.25) is 9.59 Å². The highest BCUT2D eigenvalue weighted by Gasteiger charge is 2.26. The van der Waals surface area contributed by atoms with Crippen molar-refractivity contribution in [2.75, 3.05) is 0 Å². The number of H-pyrrole nitrogens is 1. The maximum absolute atomic E-state index is 11.1. The second-order valence-corrected chi connectivity index (χ2v) is 3.48. The lowest BCUT2D eigenvalue weighted by Gasteiger charge is -2.18. The summed E-state index contributed by atoms with van der Waals surface area (Å²) in [7, 11) is 0. The molecule has 0 aromatic carbocycles. The van der Waals surface area contributed by atoms with Crippen molar-refractivity contribution in [1.82, 2.24) is 4.98 Å². The monoisotopic (exact) mass is 177 g/mol. The molecule has 1 heterocycles. The van der Waals surface area contributed by atoms with Gasteiger partial charge in [-0.15, -0.1) is 0 Å². The molecule has 1 N–H and O–H groups in total. The van der Waals surface area contributed by atoms with Crippen LogP contribution >= 0.6 is 0 Å². The molecule has 0 aliphatic heterocycles. The molecule has 0 saturated heterocycles. The third-order valence-corrected chi connectivity index (χ3v) is 2.40. The van der Waals surface area contributed by atoms with Crippen molar-refractivity contribution in [3.8, 4) is 0 Å². The zero-order valence-electron chi connectivity index (χ0n) is 7.25. The number of aromatic nitrogens is 1. The number of carbonyl (C=O) groups excluding carboxylic acids is 2. The molecular weight excluding hydrogens is 166 g/mol. The van der Waals surface area contributed by atoms with Crippen LogP contribution in [0.4, 0.5) is 0 Å². The summed E-state index contributed by atoms with van der Waals surface area (Å²) >= 11 is 0. The van der Waals surface area contributed by atoms with Gasteiger partial charge in [0.2, 0.25) is 0 Å². The van der Waals surface area contributed by atoms with Crippen LogP contribution in [0.2, 0.25) is 0 Å². The van der Waals surface area contributed by atoms with E-state index in [1.165, 1.54) is 0 Å². The highest BCUT2D eigenvalue weighted by molar-refractivity contribution is 6.02. The van der Waals surface area contributed by atoms with Crippen LogP contribution in [0, 0.1) is 0 Å². The minimum atomic E-state index is 0.0656. The summed E-state index contributed by atoms with van der Waals surface area (Å²) in [5, 5.41) is 0. The van der Waals surface area contributed by atoms with Gasteiger partial charge in [0.1, 0.15) is 11.6 Å². The molecular formula is C10H11NO2. The SMILES string of the molecule is O=C1CC(=O)CC(c2ccc[nH]2)C1. The Balaban J connectivity index is 2.16. The summed E-state index contributed by atoms with van der Waals surface area (Å²) in [5.41, 5.74) is 1.00. The highest BCUT2D eigenvalue weighted by atomic mass is 16.1. The third-order valence-electron chi connectivity index (χ3n) is 2.40. The minimum absolute atomic E-state index is 0.0656. The molecule has 3 nitrogen and oxygen atoms in total. The van der Waals surface area contributed by atoms with Gasteiger partial charge in [0.05, 0.1) is 6.42 Å². The molecule has 1 aliphatic rings.